The van der Waals surface area contributed by atoms with Gasteiger partial charge in [0.25, 0.3) is 0 Å². The minimum absolute atomic E-state index is 0.457. The average molecular weight is 288 g/mol. The second-order valence-electron chi connectivity index (χ2n) is 6.91. The van der Waals surface area contributed by atoms with Crippen molar-refractivity contribution < 1.29 is 0 Å². The van der Waals surface area contributed by atoms with Gasteiger partial charge in [-0.2, -0.15) is 0 Å². The molecule has 2 fully saturated rings. The van der Waals surface area contributed by atoms with Crippen molar-refractivity contribution in [1.29, 1.82) is 0 Å². The lowest BCUT2D eigenvalue weighted by atomic mass is 10.0. The van der Waals surface area contributed by atoms with E-state index in [0.29, 0.717) is 12.0 Å². The number of nitrogens with zero attached hydrogens (tertiary/aromatic N) is 3. The van der Waals surface area contributed by atoms with Crippen molar-refractivity contribution in [2.24, 2.45) is 0 Å². The number of rotatable bonds is 5. The standard InChI is InChI=1S/C17H28N4/c1-12(2)16-10-13(3)19-17(20-16)21-9-5-4-6-15(21)11-18-14-7-8-14/h10,12,14-15,18H,4-9,11H2,1-3H3. The largest absolute Gasteiger partial charge is 0.337 e. The van der Waals surface area contributed by atoms with Crippen LogP contribution in [0.1, 0.15) is 63.3 Å². The number of aryl methyl sites for hydroxylation is 1. The van der Waals surface area contributed by atoms with E-state index in [4.69, 9.17) is 9.97 Å². The van der Waals surface area contributed by atoms with Gasteiger partial charge in [-0.05, 0) is 51.0 Å². The summed E-state index contributed by atoms with van der Waals surface area (Å²) in [4.78, 5) is 12.0. The Morgan fingerprint density at radius 1 is 1.24 bits per heavy atom. The Balaban J connectivity index is 1.77. The minimum Gasteiger partial charge on any atom is -0.337 e. The fourth-order valence-corrected chi connectivity index (χ4v) is 3.07. The summed E-state index contributed by atoms with van der Waals surface area (Å²) >= 11 is 0. The minimum atomic E-state index is 0.457. The molecule has 0 bridgehead atoms. The predicted molar refractivity (Wildman–Crippen MR) is 86.9 cm³/mol. The number of anilines is 1. The van der Waals surface area contributed by atoms with E-state index in [1.165, 1.54) is 32.1 Å². The topological polar surface area (TPSA) is 41.1 Å². The molecule has 4 heteroatoms. The Labute approximate surface area is 128 Å². The van der Waals surface area contributed by atoms with Crippen LogP contribution in [0.15, 0.2) is 6.07 Å². The summed E-state index contributed by atoms with van der Waals surface area (Å²) in [6.45, 7) is 8.66. The van der Waals surface area contributed by atoms with Crippen LogP contribution in [0.25, 0.3) is 0 Å². The van der Waals surface area contributed by atoms with E-state index in [0.717, 1.165) is 36.5 Å². The van der Waals surface area contributed by atoms with Crippen LogP contribution in [0, 0.1) is 6.92 Å². The molecule has 3 rings (SSSR count). The molecule has 0 spiro atoms. The maximum Gasteiger partial charge on any atom is 0.226 e. The Bertz CT molecular complexity index is 482. The summed E-state index contributed by atoms with van der Waals surface area (Å²) in [7, 11) is 0. The van der Waals surface area contributed by atoms with Gasteiger partial charge in [0.1, 0.15) is 0 Å². The third-order valence-corrected chi connectivity index (χ3v) is 4.56. The lowest BCUT2D eigenvalue weighted by molar-refractivity contribution is 0.428. The first-order valence-corrected chi connectivity index (χ1v) is 8.49. The summed E-state index contributed by atoms with van der Waals surface area (Å²) in [5.41, 5.74) is 2.25. The summed E-state index contributed by atoms with van der Waals surface area (Å²) in [5, 5.41) is 3.68. The van der Waals surface area contributed by atoms with Crippen molar-refractivity contribution in [3.63, 3.8) is 0 Å². The molecule has 1 atom stereocenters. The van der Waals surface area contributed by atoms with Gasteiger partial charge < -0.3 is 10.2 Å². The third kappa shape index (κ3) is 3.73. The van der Waals surface area contributed by atoms with Gasteiger partial charge in [-0.25, -0.2) is 9.97 Å². The van der Waals surface area contributed by atoms with Gasteiger partial charge in [-0.15, -0.1) is 0 Å². The normalized spacial score (nSPS) is 22.9. The van der Waals surface area contributed by atoms with E-state index in [9.17, 15) is 0 Å². The zero-order chi connectivity index (χ0) is 14.8. The van der Waals surface area contributed by atoms with E-state index < -0.39 is 0 Å². The smallest absolute Gasteiger partial charge is 0.226 e. The Morgan fingerprint density at radius 3 is 2.76 bits per heavy atom. The Kier molecular flexibility index (Phi) is 4.43. The fourth-order valence-electron chi connectivity index (χ4n) is 3.07. The van der Waals surface area contributed by atoms with Crippen LogP contribution in [-0.2, 0) is 0 Å². The molecule has 2 heterocycles. The van der Waals surface area contributed by atoms with Crippen molar-refractivity contribution in [3.8, 4) is 0 Å². The molecule has 2 aliphatic rings. The highest BCUT2D eigenvalue weighted by atomic mass is 15.3. The van der Waals surface area contributed by atoms with E-state index >= 15 is 0 Å². The number of hydrogen-bond donors (Lipinski definition) is 1. The van der Waals surface area contributed by atoms with Crippen molar-refractivity contribution in [2.45, 2.75) is 70.9 Å². The maximum atomic E-state index is 4.84. The summed E-state index contributed by atoms with van der Waals surface area (Å²) in [6, 6.07) is 3.45. The number of hydrogen-bond acceptors (Lipinski definition) is 4. The predicted octanol–water partition coefficient (Wildman–Crippen LogP) is 3.02. The SMILES string of the molecule is Cc1cc(C(C)C)nc(N2CCCCC2CNC2CC2)n1. The van der Waals surface area contributed by atoms with Crippen LogP contribution >= 0.6 is 0 Å². The van der Waals surface area contributed by atoms with Gasteiger partial charge in [0.2, 0.25) is 5.95 Å². The Hall–Kier alpha value is -1.16. The molecule has 1 aliphatic heterocycles. The van der Waals surface area contributed by atoms with E-state index in [-0.39, 0.29) is 0 Å². The highest BCUT2D eigenvalue weighted by Crippen LogP contribution is 2.25. The first-order valence-electron chi connectivity index (χ1n) is 8.49. The highest BCUT2D eigenvalue weighted by molar-refractivity contribution is 5.35. The molecule has 1 unspecified atom stereocenters. The van der Waals surface area contributed by atoms with E-state index in [1.807, 2.05) is 0 Å². The molecule has 1 saturated carbocycles. The molecule has 4 nitrogen and oxygen atoms in total. The molecule has 1 aromatic rings. The van der Waals surface area contributed by atoms with E-state index in [2.05, 4.69) is 37.1 Å². The van der Waals surface area contributed by atoms with Gasteiger partial charge >= 0.3 is 0 Å². The van der Waals surface area contributed by atoms with Crippen molar-refractivity contribution >= 4 is 5.95 Å². The average Bonchev–Trinajstić information content (AvgIpc) is 3.29. The first kappa shape index (κ1) is 14.8. The zero-order valence-corrected chi connectivity index (χ0v) is 13.6. The highest BCUT2D eigenvalue weighted by Gasteiger charge is 2.28. The van der Waals surface area contributed by atoms with Crippen molar-refractivity contribution in [3.05, 3.63) is 17.5 Å². The molecule has 21 heavy (non-hydrogen) atoms. The van der Waals surface area contributed by atoms with Gasteiger partial charge in [0, 0.05) is 36.6 Å². The molecule has 0 amide bonds. The summed E-state index contributed by atoms with van der Waals surface area (Å²) < 4.78 is 0. The maximum absolute atomic E-state index is 4.84. The lowest BCUT2D eigenvalue weighted by Gasteiger charge is -2.36. The van der Waals surface area contributed by atoms with Crippen LogP contribution in [0.2, 0.25) is 0 Å². The van der Waals surface area contributed by atoms with Gasteiger partial charge in [-0.3, -0.25) is 0 Å². The molecule has 1 aromatic heterocycles. The molecule has 116 valence electrons. The first-order chi connectivity index (χ1) is 10.1. The summed E-state index contributed by atoms with van der Waals surface area (Å²) in [6.07, 6.45) is 6.55. The van der Waals surface area contributed by atoms with Gasteiger partial charge in [0.15, 0.2) is 0 Å². The van der Waals surface area contributed by atoms with Crippen LogP contribution in [0.3, 0.4) is 0 Å². The van der Waals surface area contributed by atoms with Crippen molar-refractivity contribution in [1.82, 2.24) is 15.3 Å². The second kappa shape index (κ2) is 6.30. The van der Waals surface area contributed by atoms with Crippen molar-refractivity contribution in [2.75, 3.05) is 18.0 Å². The quantitative estimate of drug-likeness (QED) is 0.904. The molecule has 1 saturated heterocycles. The molecule has 1 aliphatic carbocycles. The van der Waals surface area contributed by atoms with Crippen LogP contribution in [0.5, 0.6) is 0 Å². The third-order valence-electron chi connectivity index (χ3n) is 4.56. The number of piperidine rings is 1. The molecular weight excluding hydrogens is 260 g/mol. The lowest BCUT2D eigenvalue weighted by Crippen LogP contribution is -2.47. The molecular formula is C17H28N4. The van der Waals surface area contributed by atoms with Crippen LogP contribution in [-0.4, -0.2) is 35.1 Å². The van der Waals surface area contributed by atoms with Gasteiger partial charge in [0.05, 0.1) is 0 Å². The number of aromatic nitrogens is 2. The number of nitrogens with one attached hydrogen (secondary N) is 1. The van der Waals surface area contributed by atoms with E-state index in [1.54, 1.807) is 0 Å². The molecule has 0 aromatic carbocycles. The van der Waals surface area contributed by atoms with Gasteiger partial charge in [-0.1, -0.05) is 13.8 Å². The van der Waals surface area contributed by atoms with Crippen LogP contribution in [0.4, 0.5) is 5.95 Å². The Morgan fingerprint density at radius 2 is 2.05 bits per heavy atom. The van der Waals surface area contributed by atoms with Crippen LogP contribution < -0.4 is 10.2 Å². The molecule has 0 radical (unpaired) electrons. The second-order valence-corrected chi connectivity index (χ2v) is 6.91. The monoisotopic (exact) mass is 288 g/mol. The molecule has 1 N–H and O–H groups in total. The zero-order valence-electron chi connectivity index (χ0n) is 13.6. The summed E-state index contributed by atoms with van der Waals surface area (Å²) in [5.74, 6) is 1.40. The fraction of sp³-hybridized carbons (Fsp3) is 0.765.